The summed E-state index contributed by atoms with van der Waals surface area (Å²) in [6, 6.07) is 25.8. The number of aromatic nitrogens is 3. The lowest BCUT2D eigenvalue weighted by Crippen LogP contribution is -2.21. The zero-order valence-corrected chi connectivity index (χ0v) is 21.4. The summed E-state index contributed by atoms with van der Waals surface area (Å²) in [7, 11) is 0. The molecule has 182 valence electrons. The Morgan fingerprint density at radius 2 is 1.58 bits per heavy atom. The third kappa shape index (κ3) is 5.24. The number of thiol groups is 1. The second-order valence-electron chi connectivity index (χ2n) is 9.40. The molecular formula is C30H30N4OS. The molecule has 1 saturated carbocycles. The fraction of sp³-hybridized carbons (Fsp3) is 0.200. The number of fused-ring (bicyclic) bond motifs is 1. The first-order chi connectivity index (χ1) is 17.5. The van der Waals surface area contributed by atoms with Crippen molar-refractivity contribution in [2.45, 2.75) is 37.5 Å². The highest BCUT2D eigenvalue weighted by Crippen LogP contribution is 2.42. The van der Waals surface area contributed by atoms with Gasteiger partial charge in [-0.1, -0.05) is 42.8 Å². The van der Waals surface area contributed by atoms with Crippen molar-refractivity contribution in [1.82, 2.24) is 14.4 Å². The Labute approximate surface area is 217 Å². The van der Waals surface area contributed by atoms with Gasteiger partial charge in [0.25, 0.3) is 0 Å². The number of anilines is 1. The molecule has 0 aliphatic heterocycles. The number of imidazole rings is 1. The van der Waals surface area contributed by atoms with E-state index >= 15 is 0 Å². The molecule has 5 aromatic rings. The van der Waals surface area contributed by atoms with E-state index < -0.39 is 0 Å². The van der Waals surface area contributed by atoms with Crippen LogP contribution in [0.1, 0.15) is 37.1 Å². The zero-order valence-electron chi connectivity index (χ0n) is 20.5. The fourth-order valence-corrected chi connectivity index (χ4v) is 4.69. The van der Waals surface area contributed by atoms with E-state index in [1.165, 1.54) is 18.4 Å². The Kier molecular flexibility index (Phi) is 6.96. The number of ether oxygens (including phenoxy) is 1. The lowest BCUT2D eigenvalue weighted by atomic mass is 9.76. The van der Waals surface area contributed by atoms with Gasteiger partial charge in [0.2, 0.25) is 0 Å². The second kappa shape index (κ2) is 10.5. The molecule has 0 amide bonds. The number of aryl methyl sites for hydroxylation is 1. The maximum atomic E-state index is 6.23. The van der Waals surface area contributed by atoms with Crippen LogP contribution in [0.4, 0.5) is 5.82 Å². The third-order valence-corrected chi connectivity index (χ3v) is 6.79. The average molecular weight is 495 g/mol. The van der Waals surface area contributed by atoms with Crippen molar-refractivity contribution in [3.8, 4) is 22.8 Å². The maximum Gasteiger partial charge on any atom is 0.150 e. The standard InChI is InChI=1S/C23H22N4O.C7H8S/c1-15-13-17(14-15)23-26-20(21-22(24)25-11-12-27(21)23)16-7-9-19(10-8-16)28-18-5-3-2-4-6-18;1-6-2-4-7(8)5-3-6/h2-12,15,17H,13-14H2,1H3,(H2,24,25);2-5,8H,1H3. The summed E-state index contributed by atoms with van der Waals surface area (Å²) < 4.78 is 8.01. The van der Waals surface area contributed by atoms with Crippen LogP contribution in [-0.4, -0.2) is 14.4 Å². The SMILES string of the molecule is CC1CC(c2nc(-c3ccc(Oc4ccccc4)cc3)c3c(N)nccn23)C1.Cc1ccc(S)cc1. The van der Waals surface area contributed by atoms with Crippen molar-refractivity contribution < 1.29 is 4.74 Å². The van der Waals surface area contributed by atoms with E-state index in [1.807, 2.05) is 85.1 Å². The quantitative estimate of drug-likeness (QED) is 0.253. The summed E-state index contributed by atoms with van der Waals surface area (Å²) in [5.41, 5.74) is 10.3. The van der Waals surface area contributed by atoms with Crippen LogP contribution in [0.5, 0.6) is 11.5 Å². The average Bonchev–Trinajstić information content (AvgIpc) is 3.26. The molecule has 2 N–H and O–H groups in total. The molecule has 1 aliphatic rings. The van der Waals surface area contributed by atoms with Gasteiger partial charge in [-0.05, 0) is 74.2 Å². The van der Waals surface area contributed by atoms with E-state index in [9.17, 15) is 0 Å². The third-order valence-electron chi connectivity index (χ3n) is 6.49. The molecule has 0 radical (unpaired) electrons. The highest BCUT2D eigenvalue weighted by molar-refractivity contribution is 7.80. The molecule has 3 aromatic carbocycles. The molecule has 1 fully saturated rings. The van der Waals surface area contributed by atoms with Crippen LogP contribution in [-0.2, 0) is 0 Å². The molecule has 36 heavy (non-hydrogen) atoms. The second-order valence-corrected chi connectivity index (χ2v) is 9.91. The van der Waals surface area contributed by atoms with Crippen molar-refractivity contribution in [2.75, 3.05) is 5.73 Å². The minimum atomic E-state index is 0.485. The molecule has 0 unspecified atom stereocenters. The molecule has 1 aliphatic carbocycles. The summed E-state index contributed by atoms with van der Waals surface area (Å²) in [6.45, 7) is 4.35. The lowest BCUT2D eigenvalue weighted by molar-refractivity contribution is 0.277. The number of rotatable bonds is 4. The molecule has 0 spiro atoms. The van der Waals surface area contributed by atoms with E-state index in [0.717, 1.165) is 44.9 Å². The van der Waals surface area contributed by atoms with Crippen molar-refractivity contribution >= 4 is 24.0 Å². The van der Waals surface area contributed by atoms with E-state index in [-0.39, 0.29) is 0 Å². The Morgan fingerprint density at radius 3 is 2.22 bits per heavy atom. The van der Waals surface area contributed by atoms with Crippen LogP contribution in [0.15, 0.2) is 96.2 Å². The van der Waals surface area contributed by atoms with Gasteiger partial charge in [-0.15, -0.1) is 12.6 Å². The number of nitrogen functional groups attached to an aromatic ring is 1. The Hall–Kier alpha value is -3.77. The number of hydrogen-bond donors (Lipinski definition) is 2. The van der Waals surface area contributed by atoms with Crippen LogP contribution in [0.2, 0.25) is 0 Å². The Morgan fingerprint density at radius 1 is 0.917 bits per heavy atom. The predicted octanol–water partition coefficient (Wildman–Crippen LogP) is 7.57. The van der Waals surface area contributed by atoms with Crippen molar-refractivity contribution in [2.24, 2.45) is 5.92 Å². The number of benzene rings is 3. The molecular weight excluding hydrogens is 464 g/mol. The molecule has 2 heterocycles. The molecule has 0 atom stereocenters. The van der Waals surface area contributed by atoms with E-state index in [1.54, 1.807) is 6.20 Å². The van der Waals surface area contributed by atoms with Crippen LogP contribution < -0.4 is 10.5 Å². The largest absolute Gasteiger partial charge is 0.457 e. The Bertz CT molecular complexity index is 1420. The summed E-state index contributed by atoms with van der Waals surface area (Å²) in [6.07, 6.45) is 6.05. The zero-order chi connectivity index (χ0) is 25.1. The van der Waals surface area contributed by atoms with E-state index in [4.69, 9.17) is 15.5 Å². The highest BCUT2D eigenvalue weighted by atomic mass is 32.1. The number of nitrogens with two attached hydrogens (primary N) is 1. The molecule has 5 nitrogen and oxygen atoms in total. The fourth-order valence-electron chi connectivity index (χ4n) is 4.54. The highest BCUT2D eigenvalue weighted by Gasteiger charge is 2.31. The van der Waals surface area contributed by atoms with Gasteiger partial charge >= 0.3 is 0 Å². The van der Waals surface area contributed by atoms with Gasteiger partial charge < -0.3 is 10.5 Å². The van der Waals surface area contributed by atoms with Gasteiger partial charge in [-0.2, -0.15) is 0 Å². The van der Waals surface area contributed by atoms with Crippen molar-refractivity contribution in [1.29, 1.82) is 0 Å². The summed E-state index contributed by atoms with van der Waals surface area (Å²) in [5, 5.41) is 0. The molecule has 0 bridgehead atoms. The molecule has 0 saturated heterocycles. The minimum Gasteiger partial charge on any atom is -0.457 e. The smallest absolute Gasteiger partial charge is 0.150 e. The van der Waals surface area contributed by atoms with Crippen LogP contribution in [0.25, 0.3) is 16.8 Å². The van der Waals surface area contributed by atoms with Gasteiger partial charge in [0, 0.05) is 28.8 Å². The van der Waals surface area contributed by atoms with Crippen LogP contribution >= 0.6 is 12.6 Å². The first kappa shape index (κ1) is 23.9. The van der Waals surface area contributed by atoms with Gasteiger partial charge in [0.05, 0.1) is 0 Å². The monoisotopic (exact) mass is 494 g/mol. The van der Waals surface area contributed by atoms with E-state index in [2.05, 4.69) is 35.9 Å². The topological polar surface area (TPSA) is 65.4 Å². The van der Waals surface area contributed by atoms with Gasteiger partial charge in [-0.25, -0.2) is 9.97 Å². The number of hydrogen-bond acceptors (Lipinski definition) is 5. The summed E-state index contributed by atoms with van der Waals surface area (Å²) in [5.74, 6) is 4.44. The number of para-hydroxylation sites is 1. The maximum absolute atomic E-state index is 6.23. The lowest BCUT2D eigenvalue weighted by Gasteiger charge is -2.31. The Balaban J connectivity index is 0.000000286. The first-order valence-electron chi connectivity index (χ1n) is 12.2. The molecule has 6 heteroatoms. The van der Waals surface area contributed by atoms with Crippen molar-refractivity contribution in [3.63, 3.8) is 0 Å². The molecule has 6 rings (SSSR count). The minimum absolute atomic E-state index is 0.485. The number of nitrogens with zero attached hydrogens (tertiary/aromatic N) is 3. The van der Waals surface area contributed by atoms with Gasteiger partial charge in [-0.3, -0.25) is 4.40 Å². The summed E-state index contributed by atoms with van der Waals surface area (Å²) in [4.78, 5) is 10.3. The van der Waals surface area contributed by atoms with Crippen molar-refractivity contribution in [3.05, 3.63) is 103 Å². The van der Waals surface area contributed by atoms with E-state index in [0.29, 0.717) is 11.7 Å². The molecule has 2 aromatic heterocycles. The predicted molar refractivity (Wildman–Crippen MR) is 149 cm³/mol. The van der Waals surface area contributed by atoms with Gasteiger partial charge in [0.1, 0.15) is 34.4 Å². The van der Waals surface area contributed by atoms with Crippen LogP contribution in [0.3, 0.4) is 0 Å². The first-order valence-corrected chi connectivity index (χ1v) is 12.6. The van der Waals surface area contributed by atoms with Gasteiger partial charge in [0.15, 0.2) is 0 Å². The normalized spacial score (nSPS) is 16.6. The summed E-state index contributed by atoms with van der Waals surface area (Å²) >= 11 is 4.13. The van der Waals surface area contributed by atoms with Crippen LogP contribution in [0, 0.1) is 12.8 Å².